The van der Waals surface area contributed by atoms with E-state index in [1.54, 1.807) is 61.7 Å². The summed E-state index contributed by atoms with van der Waals surface area (Å²) in [7, 11) is 1.54. The first-order chi connectivity index (χ1) is 16.0. The fourth-order valence-electron chi connectivity index (χ4n) is 3.23. The van der Waals surface area contributed by atoms with Crippen LogP contribution in [0.25, 0.3) is 6.08 Å². The smallest absolute Gasteiger partial charge is 0.335 e. The molecule has 0 radical (unpaired) electrons. The topological polar surface area (TPSA) is 84.9 Å². The molecular weight excluding hydrogens is 444 g/mol. The fourth-order valence-corrected chi connectivity index (χ4v) is 3.42. The predicted molar refractivity (Wildman–Crippen MR) is 124 cm³/mol. The van der Waals surface area contributed by atoms with Gasteiger partial charge in [-0.15, -0.1) is 0 Å². The third-order valence-corrected chi connectivity index (χ3v) is 5.34. The van der Waals surface area contributed by atoms with Crippen molar-refractivity contribution < 1.29 is 23.9 Å². The molecule has 1 heterocycles. The van der Waals surface area contributed by atoms with Crippen molar-refractivity contribution in [3.63, 3.8) is 0 Å². The van der Waals surface area contributed by atoms with Gasteiger partial charge in [0.25, 0.3) is 11.8 Å². The van der Waals surface area contributed by atoms with E-state index in [-0.39, 0.29) is 12.2 Å². The highest BCUT2D eigenvalue weighted by Crippen LogP contribution is 2.26. The van der Waals surface area contributed by atoms with Crippen molar-refractivity contribution in [3.05, 3.63) is 94.5 Å². The SMILES string of the molecule is COc1ccc(/C=C2\C(=O)NC(=O)N(c3ccc(OCc4ccccc4Cl)cc3)C2=O)cc1. The number of nitrogens with zero attached hydrogens (tertiary/aromatic N) is 1. The van der Waals surface area contributed by atoms with Gasteiger partial charge in [0.15, 0.2) is 0 Å². The molecule has 166 valence electrons. The molecule has 1 aliphatic heterocycles. The standard InChI is InChI=1S/C25H19ClN2O5/c1-32-19-10-6-16(7-11-19)14-21-23(29)27-25(31)28(24(21)30)18-8-12-20(13-9-18)33-15-17-4-2-3-5-22(17)26/h2-14H,15H2,1H3,(H,27,29,31)/b21-14+. The summed E-state index contributed by atoms with van der Waals surface area (Å²) in [5, 5.41) is 2.81. The molecule has 0 aliphatic carbocycles. The highest BCUT2D eigenvalue weighted by atomic mass is 35.5. The van der Waals surface area contributed by atoms with Gasteiger partial charge in [-0.3, -0.25) is 14.9 Å². The van der Waals surface area contributed by atoms with Crippen LogP contribution in [-0.2, 0) is 16.2 Å². The Kier molecular flexibility index (Phi) is 6.42. The molecule has 33 heavy (non-hydrogen) atoms. The van der Waals surface area contributed by atoms with Gasteiger partial charge in [-0.2, -0.15) is 0 Å². The van der Waals surface area contributed by atoms with E-state index in [1.165, 1.54) is 6.08 Å². The lowest BCUT2D eigenvalue weighted by Crippen LogP contribution is -2.54. The van der Waals surface area contributed by atoms with Crippen LogP contribution in [0.5, 0.6) is 11.5 Å². The minimum Gasteiger partial charge on any atom is -0.497 e. The Bertz CT molecular complexity index is 1240. The van der Waals surface area contributed by atoms with Crippen molar-refractivity contribution in [1.82, 2.24) is 5.32 Å². The molecule has 0 spiro atoms. The molecule has 0 bridgehead atoms. The molecule has 1 N–H and O–H groups in total. The zero-order valence-corrected chi connectivity index (χ0v) is 18.3. The molecule has 3 aromatic rings. The number of barbiturate groups is 1. The molecule has 4 amide bonds. The Morgan fingerprint density at radius 2 is 1.58 bits per heavy atom. The lowest BCUT2D eigenvalue weighted by atomic mass is 10.1. The van der Waals surface area contributed by atoms with Gasteiger partial charge in [0.1, 0.15) is 23.7 Å². The van der Waals surface area contributed by atoms with Gasteiger partial charge >= 0.3 is 6.03 Å². The Morgan fingerprint density at radius 3 is 2.24 bits per heavy atom. The van der Waals surface area contributed by atoms with Crippen LogP contribution in [0.2, 0.25) is 5.02 Å². The number of carbonyl (C=O) groups is 3. The van der Waals surface area contributed by atoms with Gasteiger partial charge in [0.2, 0.25) is 0 Å². The number of urea groups is 1. The zero-order valence-electron chi connectivity index (χ0n) is 17.6. The van der Waals surface area contributed by atoms with E-state index in [9.17, 15) is 14.4 Å². The monoisotopic (exact) mass is 462 g/mol. The summed E-state index contributed by atoms with van der Waals surface area (Å²) < 4.78 is 10.9. The van der Waals surface area contributed by atoms with Gasteiger partial charge < -0.3 is 9.47 Å². The molecule has 1 saturated heterocycles. The van der Waals surface area contributed by atoms with Gasteiger partial charge in [0.05, 0.1) is 12.8 Å². The van der Waals surface area contributed by atoms with Crippen molar-refractivity contribution in [2.24, 2.45) is 0 Å². The molecular formula is C25H19ClN2O5. The van der Waals surface area contributed by atoms with Crippen molar-refractivity contribution in [3.8, 4) is 11.5 Å². The van der Waals surface area contributed by atoms with Crippen LogP contribution >= 0.6 is 11.6 Å². The maximum absolute atomic E-state index is 13.0. The van der Waals surface area contributed by atoms with Crippen LogP contribution in [0.4, 0.5) is 10.5 Å². The van der Waals surface area contributed by atoms with Gasteiger partial charge in [-0.1, -0.05) is 41.9 Å². The summed E-state index contributed by atoms with van der Waals surface area (Å²) >= 11 is 6.14. The largest absolute Gasteiger partial charge is 0.497 e. The Hall–Kier alpha value is -4.10. The van der Waals surface area contributed by atoms with Crippen LogP contribution in [0.15, 0.2) is 78.4 Å². The van der Waals surface area contributed by atoms with Gasteiger partial charge in [-0.05, 0) is 54.1 Å². The average Bonchev–Trinajstić information content (AvgIpc) is 2.82. The van der Waals surface area contributed by atoms with Crippen LogP contribution in [0.1, 0.15) is 11.1 Å². The Morgan fingerprint density at radius 1 is 0.909 bits per heavy atom. The van der Waals surface area contributed by atoms with E-state index in [0.29, 0.717) is 27.8 Å². The number of hydrogen-bond acceptors (Lipinski definition) is 5. The lowest BCUT2D eigenvalue weighted by molar-refractivity contribution is -0.122. The number of amides is 4. The van der Waals surface area contributed by atoms with E-state index in [0.717, 1.165) is 10.5 Å². The molecule has 0 aromatic heterocycles. The summed E-state index contributed by atoms with van der Waals surface area (Å²) in [4.78, 5) is 38.7. The fraction of sp³-hybridized carbons (Fsp3) is 0.0800. The van der Waals surface area contributed by atoms with Crippen LogP contribution in [-0.4, -0.2) is 25.0 Å². The number of benzene rings is 3. The van der Waals surface area contributed by atoms with E-state index >= 15 is 0 Å². The number of carbonyl (C=O) groups excluding carboxylic acids is 3. The number of methoxy groups -OCH3 is 1. The molecule has 7 nitrogen and oxygen atoms in total. The maximum atomic E-state index is 13.0. The van der Waals surface area contributed by atoms with Crippen LogP contribution in [0.3, 0.4) is 0 Å². The Labute approximate surface area is 195 Å². The lowest BCUT2D eigenvalue weighted by Gasteiger charge is -2.26. The molecule has 0 atom stereocenters. The van der Waals surface area contributed by atoms with E-state index in [2.05, 4.69) is 5.32 Å². The number of ether oxygens (including phenoxy) is 2. The zero-order chi connectivity index (χ0) is 23.4. The second kappa shape index (κ2) is 9.58. The van der Waals surface area contributed by atoms with Crippen molar-refractivity contribution >= 4 is 41.2 Å². The predicted octanol–water partition coefficient (Wildman–Crippen LogP) is 4.59. The number of rotatable bonds is 6. The molecule has 1 aliphatic rings. The first kappa shape index (κ1) is 22.1. The van der Waals surface area contributed by atoms with Crippen molar-refractivity contribution in [2.75, 3.05) is 12.0 Å². The molecule has 0 unspecified atom stereocenters. The molecule has 4 rings (SSSR count). The minimum atomic E-state index is -0.818. The molecule has 3 aromatic carbocycles. The normalized spacial score (nSPS) is 14.9. The first-order valence-corrected chi connectivity index (χ1v) is 10.4. The maximum Gasteiger partial charge on any atom is 0.335 e. The number of anilines is 1. The third-order valence-electron chi connectivity index (χ3n) is 4.98. The summed E-state index contributed by atoms with van der Waals surface area (Å²) in [5.41, 5.74) is 1.60. The number of hydrogen-bond donors (Lipinski definition) is 1. The van der Waals surface area contributed by atoms with E-state index in [4.69, 9.17) is 21.1 Å². The highest BCUT2D eigenvalue weighted by molar-refractivity contribution is 6.39. The number of nitrogens with one attached hydrogen (secondary N) is 1. The second-order valence-corrected chi connectivity index (χ2v) is 7.51. The van der Waals surface area contributed by atoms with Gasteiger partial charge in [-0.25, -0.2) is 9.69 Å². The van der Waals surface area contributed by atoms with Gasteiger partial charge in [0, 0.05) is 10.6 Å². The summed E-state index contributed by atoms with van der Waals surface area (Å²) in [6.07, 6.45) is 1.43. The number of imide groups is 2. The summed E-state index contributed by atoms with van der Waals surface area (Å²) in [6, 6.07) is 19.8. The van der Waals surface area contributed by atoms with Crippen LogP contribution in [0, 0.1) is 0 Å². The molecule has 8 heteroatoms. The minimum absolute atomic E-state index is 0.154. The summed E-state index contributed by atoms with van der Waals surface area (Å²) in [5.74, 6) is -0.292. The molecule has 0 saturated carbocycles. The second-order valence-electron chi connectivity index (χ2n) is 7.10. The third kappa shape index (κ3) is 4.88. The number of halogens is 1. The van der Waals surface area contributed by atoms with Crippen LogP contribution < -0.4 is 19.7 Å². The highest BCUT2D eigenvalue weighted by Gasteiger charge is 2.36. The molecule has 1 fully saturated rings. The first-order valence-electron chi connectivity index (χ1n) is 9.98. The average molecular weight is 463 g/mol. The van der Waals surface area contributed by atoms with E-state index < -0.39 is 17.8 Å². The van der Waals surface area contributed by atoms with Crippen molar-refractivity contribution in [1.29, 1.82) is 0 Å². The van der Waals surface area contributed by atoms with E-state index in [1.807, 2.05) is 18.2 Å². The summed E-state index contributed by atoms with van der Waals surface area (Å²) in [6.45, 7) is 0.269. The Balaban J connectivity index is 1.52. The quantitative estimate of drug-likeness (QED) is 0.427. The van der Waals surface area contributed by atoms with Crippen molar-refractivity contribution in [2.45, 2.75) is 6.61 Å².